The lowest BCUT2D eigenvalue weighted by Crippen LogP contribution is -2.40. The third-order valence-electron chi connectivity index (χ3n) is 3.90. The second kappa shape index (κ2) is 9.71. The van der Waals surface area contributed by atoms with Crippen LogP contribution in [0.25, 0.3) is 6.08 Å². The van der Waals surface area contributed by atoms with Gasteiger partial charge >= 0.3 is 0 Å². The van der Waals surface area contributed by atoms with E-state index in [1.165, 1.54) is 0 Å². The van der Waals surface area contributed by atoms with Gasteiger partial charge in [0.15, 0.2) is 0 Å². The summed E-state index contributed by atoms with van der Waals surface area (Å²) in [5, 5.41) is 10.1. The molecule has 0 aromatic heterocycles. The number of ether oxygens (including phenoxy) is 2. The van der Waals surface area contributed by atoms with E-state index in [4.69, 9.17) is 9.47 Å². The third-order valence-corrected chi connectivity index (χ3v) is 3.90. The lowest BCUT2D eigenvalue weighted by molar-refractivity contribution is 0.0223. The highest BCUT2D eigenvalue weighted by Crippen LogP contribution is 2.14. The summed E-state index contributed by atoms with van der Waals surface area (Å²) in [5.41, 5.74) is 1.07. The molecule has 1 fully saturated rings. The van der Waals surface area contributed by atoms with E-state index in [9.17, 15) is 5.11 Å². The lowest BCUT2D eigenvalue weighted by Gasteiger charge is -2.27. The first-order chi connectivity index (χ1) is 11.1. The maximum absolute atomic E-state index is 10.1. The number of hydrogen-bond acceptors (Lipinski definition) is 4. The third kappa shape index (κ3) is 7.16. The second-order valence-electron chi connectivity index (χ2n) is 6.44. The molecule has 0 bridgehead atoms. The Balaban J connectivity index is 1.75. The van der Waals surface area contributed by atoms with Crippen LogP contribution < -0.4 is 4.74 Å². The smallest absolute Gasteiger partial charge is 0.119 e. The van der Waals surface area contributed by atoms with Crippen LogP contribution in [0.2, 0.25) is 0 Å². The van der Waals surface area contributed by atoms with Gasteiger partial charge in [-0.05, 0) is 30.0 Å². The molecule has 1 aromatic rings. The summed E-state index contributed by atoms with van der Waals surface area (Å²) in [6, 6.07) is 7.99. The summed E-state index contributed by atoms with van der Waals surface area (Å²) in [5.74, 6) is 1.56. The molecule has 0 aliphatic carbocycles. The molecule has 1 aliphatic heterocycles. The topological polar surface area (TPSA) is 41.9 Å². The average Bonchev–Trinajstić information content (AvgIpc) is 2.55. The Morgan fingerprint density at radius 1 is 1.22 bits per heavy atom. The van der Waals surface area contributed by atoms with Gasteiger partial charge in [-0.3, -0.25) is 4.90 Å². The zero-order valence-electron chi connectivity index (χ0n) is 14.3. The molecular weight excluding hydrogens is 290 g/mol. The standard InChI is InChI=1S/C19H29NO3/c1-16(2)9-12-23-19-7-4-17(5-8-19)3-6-18(21)15-20-10-13-22-14-11-20/h3-8,16,18,21H,9-15H2,1-2H3/b6-3-. The molecule has 1 saturated heterocycles. The maximum Gasteiger partial charge on any atom is 0.119 e. The van der Waals surface area contributed by atoms with Crippen molar-refractivity contribution in [3.05, 3.63) is 35.9 Å². The predicted octanol–water partition coefficient (Wildman–Crippen LogP) is 2.82. The lowest BCUT2D eigenvalue weighted by atomic mass is 10.1. The van der Waals surface area contributed by atoms with Crippen LogP contribution in [0.3, 0.4) is 0 Å². The van der Waals surface area contributed by atoms with Crippen LogP contribution in [0.15, 0.2) is 30.3 Å². The quantitative estimate of drug-likeness (QED) is 0.800. The molecule has 4 heteroatoms. The summed E-state index contributed by atoms with van der Waals surface area (Å²) < 4.78 is 11.0. The minimum absolute atomic E-state index is 0.449. The van der Waals surface area contributed by atoms with Gasteiger partial charge in [-0.25, -0.2) is 0 Å². The van der Waals surface area contributed by atoms with Gasteiger partial charge in [0.1, 0.15) is 5.75 Å². The fourth-order valence-electron chi connectivity index (χ4n) is 2.42. The molecule has 1 atom stereocenters. The van der Waals surface area contributed by atoms with E-state index < -0.39 is 6.10 Å². The molecule has 23 heavy (non-hydrogen) atoms. The van der Waals surface area contributed by atoms with Crippen LogP contribution in [0, 0.1) is 5.92 Å². The van der Waals surface area contributed by atoms with Crippen molar-refractivity contribution in [2.24, 2.45) is 5.92 Å². The van der Waals surface area contributed by atoms with Gasteiger partial charge in [0.25, 0.3) is 0 Å². The number of aliphatic hydroxyl groups is 1. The van der Waals surface area contributed by atoms with Crippen LogP contribution in [-0.4, -0.2) is 55.6 Å². The zero-order valence-corrected chi connectivity index (χ0v) is 14.3. The van der Waals surface area contributed by atoms with Gasteiger partial charge in [0.2, 0.25) is 0 Å². The highest BCUT2D eigenvalue weighted by molar-refractivity contribution is 5.51. The van der Waals surface area contributed by atoms with Gasteiger partial charge in [0, 0.05) is 19.6 Å². The Morgan fingerprint density at radius 2 is 1.91 bits per heavy atom. The minimum atomic E-state index is -0.449. The first-order valence-electron chi connectivity index (χ1n) is 8.52. The van der Waals surface area contributed by atoms with Crippen LogP contribution in [0.5, 0.6) is 5.75 Å². The van der Waals surface area contributed by atoms with Crippen LogP contribution in [0.4, 0.5) is 0 Å². The van der Waals surface area contributed by atoms with Gasteiger partial charge in [-0.15, -0.1) is 0 Å². The molecule has 0 amide bonds. The fourth-order valence-corrected chi connectivity index (χ4v) is 2.42. The van der Waals surface area contributed by atoms with Crippen molar-refractivity contribution >= 4 is 6.08 Å². The SMILES string of the molecule is CC(C)CCOc1ccc(/C=C\C(O)CN2CCOCC2)cc1. The van der Waals surface area contributed by atoms with Gasteiger partial charge in [-0.2, -0.15) is 0 Å². The molecule has 128 valence electrons. The number of hydrogen-bond donors (Lipinski definition) is 1. The summed E-state index contributed by atoms with van der Waals surface area (Å²) in [4.78, 5) is 2.23. The van der Waals surface area contributed by atoms with E-state index in [0.29, 0.717) is 12.5 Å². The van der Waals surface area contributed by atoms with Crippen molar-refractivity contribution in [3.63, 3.8) is 0 Å². The Morgan fingerprint density at radius 3 is 2.57 bits per heavy atom. The molecule has 0 saturated carbocycles. The number of nitrogens with zero attached hydrogens (tertiary/aromatic N) is 1. The highest BCUT2D eigenvalue weighted by atomic mass is 16.5. The maximum atomic E-state index is 10.1. The molecule has 0 radical (unpaired) electrons. The first kappa shape index (κ1) is 18.0. The number of aliphatic hydroxyl groups excluding tert-OH is 1. The molecule has 2 rings (SSSR count). The van der Waals surface area contributed by atoms with Crippen LogP contribution >= 0.6 is 0 Å². The minimum Gasteiger partial charge on any atom is -0.494 e. The Hall–Kier alpha value is -1.36. The molecule has 1 unspecified atom stereocenters. The summed E-state index contributed by atoms with van der Waals surface area (Å²) in [6.45, 7) is 9.12. The van der Waals surface area contributed by atoms with Crippen LogP contribution in [0.1, 0.15) is 25.8 Å². The fraction of sp³-hybridized carbons (Fsp3) is 0.579. The van der Waals surface area contributed by atoms with Crippen molar-refractivity contribution in [1.29, 1.82) is 0 Å². The van der Waals surface area contributed by atoms with Crippen molar-refractivity contribution in [1.82, 2.24) is 4.90 Å². The Labute approximate surface area is 139 Å². The monoisotopic (exact) mass is 319 g/mol. The van der Waals surface area contributed by atoms with Crippen LogP contribution in [-0.2, 0) is 4.74 Å². The number of morpholine rings is 1. The van der Waals surface area contributed by atoms with E-state index in [1.807, 2.05) is 36.4 Å². The molecule has 1 aliphatic rings. The largest absolute Gasteiger partial charge is 0.494 e. The molecule has 4 nitrogen and oxygen atoms in total. The molecule has 1 aromatic carbocycles. The van der Waals surface area contributed by atoms with E-state index >= 15 is 0 Å². The van der Waals surface area contributed by atoms with E-state index in [-0.39, 0.29) is 0 Å². The van der Waals surface area contributed by atoms with E-state index in [1.54, 1.807) is 0 Å². The first-order valence-corrected chi connectivity index (χ1v) is 8.52. The number of rotatable bonds is 8. The normalized spacial score (nSPS) is 17.7. The van der Waals surface area contributed by atoms with Crippen molar-refractivity contribution in [3.8, 4) is 5.75 Å². The van der Waals surface area contributed by atoms with Crippen molar-refractivity contribution < 1.29 is 14.6 Å². The van der Waals surface area contributed by atoms with E-state index in [2.05, 4.69) is 18.7 Å². The van der Waals surface area contributed by atoms with Gasteiger partial charge in [-0.1, -0.05) is 38.1 Å². The molecular formula is C19H29NO3. The summed E-state index contributed by atoms with van der Waals surface area (Å²) in [6.07, 6.45) is 4.43. The number of benzene rings is 1. The second-order valence-corrected chi connectivity index (χ2v) is 6.44. The van der Waals surface area contributed by atoms with Gasteiger partial charge < -0.3 is 14.6 Å². The number of β-amino-alcohol motifs (C(OH)–C–C–N with tert-alkyl or cyclic N) is 1. The Kier molecular flexibility index (Phi) is 7.59. The zero-order chi connectivity index (χ0) is 16.5. The molecule has 1 N–H and O–H groups in total. The molecule has 1 heterocycles. The van der Waals surface area contributed by atoms with Crippen molar-refractivity contribution in [2.45, 2.75) is 26.4 Å². The van der Waals surface area contributed by atoms with Crippen molar-refractivity contribution in [2.75, 3.05) is 39.5 Å². The summed E-state index contributed by atoms with van der Waals surface area (Å²) in [7, 11) is 0. The Bertz CT molecular complexity index is 464. The highest BCUT2D eigenvalue weighted by Gasteiger charge is 2.12. The summed E-state index contributed by atoms with van der Waals surface area (Å²) >= 11 is 0. The van der Waals surface area contributed by atoms with Gasteiger partial charge in [0.05, 0.1) is 25.9 Å². The predicted molar refractivity (Wildman–Crippen MR) is 93.7 cm³/mol. The molecule has 0 spiro atoms. The average molecular weight is 319 g/mol. The van der Waals surface area contributed by atoms with E-state index in [0.717, 1.165) is 50.6 Å².